The summed E-state index contributed by atoms with van der Waals surface area (Å²) in [6.45, 7) is 2.20. The van der Waals surface area contributed by atoms with Gasteiger partial charge in [0.15, 0.2) is 11.5 Å². The lowest BCUT2D eigenvalue weighted by Crippen LogP contribution is -2.33. The largest absolute Gasteiger partial charge is 0.493 e. The van der Waals surface area contributed by atoms with Gasteiger partial charge in [0, 0.05) is 33.9 Å². The zero-order valence-corrected chi connectivity index (χ0v) is 20.9. The number of nitrogens with two attached hydrogens (primary N) is 1. The van der Waals surface area contributed by atoms with Crippen LogP contribution >= 0.6 is 23.2 Å². The van der Waals surface area contributed by atoms with Gasteiger partial charge >= 0.3 is 0 Å². The number of ether oxygens (including phenoxy) is 3. The third-order valence-electron chi connectivity index (χ3n) is 6.05. The molecule has 1 aliphatic heterocycles. The predicted octanol–water partition coefficient (Wildman–Crippen LogP) is 4.94. The molecular weight excluding hydrogens is 489 g/mol. The number of allylic oxidation sites excluding steroid dienone is 1. The zero-order chi connectivity index (χ0) is 25.3. The van der Waals surface area contributed by atoms with Gasteiger partial charge in [-0.3, -0.25) is 4.79 Å². The maximum atomic E-state index is 13.8. The van der Waals surface area contributed by atoms with Crippen molar-refractivity contribution in [3.05, 3.63) is 96.7 Å². The molecule has 0 saturated heterocycles. The minimum Gasteiger partial charge on any atom is -0.493 e. The summed E-state index contributed by atoms with van der Waals surface area (Å²) in [4.78, 5) is 13.8. The van der Waals surface area contributed by atoms with E-state index in [1.54, 1.807) is 43.1 Å². The molecule has 2 N–H and O–H groups in total. The zero-order valence-electron chi connectivity index (χ0n) is 19.4. The molecule has 2 aromatic carbocycles. The van der Waals surface area contributed by atoms with Crippen molar-refractivity contribution in [2.24, 2.45) is 5.73 Å². The quantitative estimate of drug-likeness (QED) is 0.502. The highest BCUT2D eigenvalue weighted by Gasteiger charge is 2.36. The fraction of sp³-hybridized carbons (Fsp3) is 0.231. The number of pyridine rings is 1. The first-order valence-corrected chi connectivity index (χ1v) is 11.5. The summed E-state index contributed by atoms with van der Waals surface area (Å²) < 4.78 is 18.0. The molecule has 4 rings (SSSR count). The molecular formula is C26H23Cl2N3O4. The van der Waals surface area contributed by atoms with E-state index in [-0.39, 0.29) is 28.3 Å². The van der Waals surface area contributed by atoms with Crippen LogP contribution in [0.15, 0.2) is 58.7 Å². The Balaban J connectivity index is 1.81. The van der Waals surface area contributed by atoms with E-state index >= 15 is 0 Å². The minimum absolute atomic E-state index is 0.0807. The molecule has 1 atom stereocenters. The molecule has 0 saturated carbocycles. The van der Waals surface area contributed by atoms with Crippen LogP contribution in [0.25, 0.3) is 0 Å². The molecule has 0 bridgehead atoms. The molecule has 0 aliphatic carbocycles. The van der Waals surface area contributed by atoms with Crippen LogP contribution in [-0.4, -0.2) is 18.8 Å². The maximum Gasteiger partial charge on any atom is 0.258 e. The van der Waals surface area contributed by atoms with Gasteiger partial charge in [-0.2, -0.15) is 5.26 Å². The minimum atomic E-state index is -0.856. The molecule has 35 heavy (non-hydrogen) atoms. The van der Waals surface area contributed by atoms with E-state index in [1.165, 1.54) is 0 Å². The first kappa shape index (κ1) is 24.5. The first-order valence-electron chi connectivity index (χ1n) is 10.8. The van der Waals surface area contributed by atoms with Crippen LogP contribution in [0.5, 0.6) is 17.2 Å². The fourth-order valence-corrected chi connectivity index (χ4v) is 4.93. The van der Waals surface area contributed by atoms with Crippen molar-refractivity contribution in [1.29, 1.82) is 5.26 Å². The van der Waals surface area contributed by atoms with Gasteiger partial charge in [-0.1, -0.05) is 35.3 Å². The fourth-order valence-electron chi connectivity index (χ4n) is 4.32. The van der Waals surface area contributed by atoms with Crippen LogP contribution in [0.3, 0.4) is 0 Å². The summed E-state index contributed by atoms with van der Waals surface area (Å²) in [6, 6.07) is 14.5. The Kier molecular flexibility index (Phi) is 6.97. The van der Waals surface area contributed by atoms with E-state index in [1.807, 2.05) is 25.1 Å². The Hall–Kier alpha value is -3.60. The molecule has 2 heterocycles. The Bertz CT molecular complexity index is 1420. The van der Waals surface area contributed by atoms with Crippen molar-refractivity contribution in [2.75, 3.05) is 14.2 Å². The van der Waals surface area contributed by atoms with E-state index in [2.05, 4.69) is 6.07 Å². The normalized spacial score (nSPS) is 14.7. The number of nitrogens with zero attached hydrogens (tertiary/aromatic N) is 2. The number of methoxy groups -OCH3 is 2. The summed E-state index contributed by atoms with van der Waals surface area (Å²) in [7, 11) is 3.15. The topological polar surface area (TPSA) is 99.5 Å². The summed E-state index contributed by atoms with van der Waals surface area (Å²) >= 11 is 13.0. The third-order valence-corrected chi connectivity index (χ3v) is 6.71. The molecule has 7 nitrogen and oxygen atoms in total. The molecule has 1 aliphatic rings. The Morgan fingerprint density at radius 1 is 1.09 bits per heavy atom. The number of nitriles is 1. The molecule has 0 radical (unpaired) electrons. The second kappa shape index (κ2) is 9.95. The van der Waals surface area contributed by atoms with Crippen LogP contribution in [0.4, 0.5) is 0 Å². The summed E-state index contributed by atoms with van der Waals surface area (Å²) in [5, 5.41) is 10.5. The van der Waals surface area contributed by atoms with Gasteiger partial charge in [0.05, 0.1) is 25.7 Å². The van der Waals surface area contributed by atoms with E-state index in [0.717, 1.165) is 5.56 Å². The van der Waals surface area contributed by atoms with Gasteiger partial charge in [0.2, 0.25) is 5.88 Å². The van der Waals surface area contributed by atoms with Crippen LogP contribution in [0.2, 0.25) is 10.0 Å². The maximum absolute atomic E-state index is 13.8. The molecule has 1 unspecified atom stereocenters. The monoisotopic (exact) mass is 511 g/mol. The van der Waals surface area contributed by atoms with Crippen LogP contribution in [0, 0.1) is 18.3 Å². The smallest absolute Gasteiger partial charge is 0.258 e. The van der Waals surface area contributed by atoms with Crippen molar-refractivity contribution < 1.29 is 14.2 Å². The second-order valence-electron chi connectivity index (χ2n) is 8.02. The Morgan fingerprint density at radius 2 is 1.77 bits per heavy atom. The van der Waals surface area contributed by atoms with Gasteiger partial charge in [0.25, 0.3) is 5.56 Å². The molecule has 9 heteroatoms. The summed E-state index contributed by atoms with van der Waals surface area (Å²) in [5.74, 6) is 0.588. The number of rotatable bonds is 6. The number of aromatic nitrogens is 1. The van der Waals surface area contributed by atoms with Gasteiger partial charge in [0.1, 0.15) is 17.4 Å². The number of halogens is 2. The van der Waals surface area contributed by atoms with Gasteiger partial charge in [-0.05, 0) is 43.2 Å². The number of benzene rings is 2. The van der Waals surface area contributed by atoms with Crippen LogP contribution < -0.4 is 25.5 Å². The number of hydrogen-bond donors (Lipinski definition) is 1. The second-order valence-corrected chi connectivity index (χ2v) is 8.83. The van der Waals surface area contributed by atoms with E-state index in [0.29, 0.717) is 45.8 Å². The predicted molar refractivity (Wildman–Crippen MR) is 134 cm³/mol. The van der Waals surface area contributed by atoms with E-state index in [4.69, 9.17) is 43.1 Å². The number of aryl methyl sites for hydroxylation is 2. The SMILES string of the molecule is COc1ccc(CCn2c(C)cc3c(c2=O)C(c2c(Cl)cccc2Cl)C(C#N)=C(N)O3)cc1OC. The molecule has 0 amide bonds. The summed E-state index contributed by atoms with van der Waals surface area (Å²) in [5.41, 5.74) is 8.21. The highest BCUT2D eigenvalue weighted by molar-refractivity contribution is 6.36. The van der Waals surface area contributed by atoms with Crippen LogP contribution in [0.1, 0.15) is 28.3 Å². The lowest BCUT2D eigenvalue weighted by molar-refractivity contribution is 0.354. The standard InChI is InChI=1S/C26H23Cl2N3O4/c1-14-11-21-24(22(16(13-29)25(30)35-21)23-17(27)5-4-6-18(23)28)26(32)31(14)10-9-15-7-8-19(33-2)20(12-15)34-3/h4-8,11-12,22H,9-10,30H2,1-3H3. The van der Waals surface area contributed by atoms with Gasteiger partial charge in [-0.15, -0.1) is 0 Å². The highest BCUT2D eigenvalue weighted by Crippen LogP contribution is 2.45. The third kappa shape index (κ3) is 4.43. The number of hydrogen-bond acceptors (Lipinski definition) is 6. The highest BCUT2D eigenvalue weighted by atomic mass is 35.5. The summed E-state index contributed by atoms with van der Waals surface area (Å²) in [6.07, 6.45) is 0.557. The molecule has 1 aromatic heterocycles. The van der Waals surface area contributed by atoms with Crippen molar-refractivity contribution in [2.45, 2.75) is 25.8 Å². The van der Waals surface area contributed by atoms with Gasteiger partial charge < -0.3 is 24.5 Å². The van der Waals surface area contributed by atoms with Crippen molar-refractivity contribution in [3.8, 4) is 23.3 Å². The van der Waals surface area contributed by atoms with E-state index < -0.39 is 5.92 Å². The lowest BCUT2D eigenvalue weighted by atomic mass is 9.84. The Morgan fingerprint density at radius 3 is 2.40 bits per heavy atom. The van der Waals surface area contributed by atoms with Crippen molar-refractivity contribution >= 4 is 23.2 Å². The van der Waals surface area contributed by atoms with Gasteiger partial charge in [-0.25, -0.2) is 0 Å². The molecule has 0 fully saturated rings. The number of fused-ring (bicyclic) bond motifs is 1. The average Bonchev–Trinajstić information content (AvgIpc) is 2.83. The average molecular weight is 512 g/mol. The van der Waals surface area contributed by atoms with Crippen molar-refractivity contribution in [1.82, 2.24) is 4.57 Å². The Labute approximate surface area is 212 Å². The first-order chi connectivity index (χ1) is 16.8. The lowest BCUT2D eigenvalue weighted by Gasteiger charge is -2.28. The van der Waals surface area contributed by atoms with Crippen molar-refractivity contribution in [3.63, 3.8) is 0 Å². The molecule has 180 valence electrons. The molecule has 3 aromatic rings. The molecule has 0 spiro atoms. The van der Waals surface area contributed by atoms with E-state index in [9.17, 15) is 10.1 Å². The van der Waals surface area contributed by atoms with Crippen LogP contribution in [-0.2, 0) is 13.0 Å².